The molecule has 1 aliphatic rings. The molecule has 0 spiro atoms. The fourth-order valence-electron chi connectivity index (χ4n) is 3.49. The van der Waals surface area contributed by atoms with Crippen LogP contribution in [0, 0.1) is 12.8 Å². The highest BCUT2D eigenvalue weighted by Crippen LogP contribution is 2.19. The molecule has 1 atom stereocenters. The lowest BCUT2D eigenvalue weighted by Crippen LogP contribution is -2.40. The molecule has 0 amide bonds. The van der Waals surface area contributed by atoms with Crippen LogP contribution < -0.4 is 15.4 Å². The number of nitrogens with one attached hydrogen (secondary N) is 2. The van der Waals surface area contributed by atoms with Gasteiger partial charge in [-0.25, -0.2) is 0 Å². The number of aryl methyl sites for hydroxylation is 1. The third-order valence-electron chi connectivity index (χ3n) is 5.08. The number of nitrogens with zero attached hydrogens (tertiary/aromatic N) is 2. The number of piperidine rings is 1. The van der Waals surface area contributed by atoms with E-state index in [0.717, 1.165) is 44.3 Å². The first-order valence-corrected chi connectivity index (χ1v) is 10.0. The third-order valence-corrected chi connectivity index (χ3v) is 5.08. The van der Waals surface area contributed by atoms with Crippen molar-refractivity contribution in [3.63, 3.8) is 0 Å². The lowest BCUT2D eigenvalue weighted by atomic mass is 9.98. The Hall–Kier alpha value is -1.02. The average molecular weight is 488 g/mol. The monoisotopic (exact) mass is 488 g/mol. The SMILES string of the molecule is CCNC(=NCC1CCCN(CC)C1)NCCc1ccc(C)c(OC)c1.I. The van der Waals surface area contributed by atoms with Crippen LogP contribution in [0.4, 0.5) is 0 Å². The largest absolute Gasteiger partial charge is 0.496 e. The maximum Gasteiger partial charge on any atom is 0.191 e. The summed E-state index contributed by atoms with van der Waals surface area (Å²) in [5.41, 5.74) is 2.45. The molecule has 1 heterocycles. The van der Waals surface area contributed by atoms with Crippen molar-refractivity contribution < 1.29 is 4.74 Å². The molecule has 1 aliphatic heterocycles. The molecule has 1 aromatic carbocycles. The van der Waals surface area contributed by atoms with Crippen molar-refractivity contribution in [2.45, 2.75) is 40.0 Å². The summed E-state index contributed by atoms with van der Waals surface area (Å²) in [7, 11) is 1.73. The van der Waals surface area contributed by atoms with Crippen LogP contribution in [0.2, 0.25) is 0 Å². The zero-order valence-corrected chi connectivity index (χ0v) is 19.7. The Bertz CT molecular complexity index is 579. The molecule has 1 aromatic rings. The van der Waals surface area contributed by atoms with Gasteiger partial charge in [0, 0.05) is 26.2 Å². The first kappa shape index (κ1) is 24.0. The Kier molecular flexibility index (Phi) is 11.7. The van der Waals surface area contributed by atoms with E-state index < -0.39 is 0 Å². The van der Waals surface area contributed by atoms with Crippen LogP contribution in [0.1, 0.15) is 37.8 Å². The van der Waals surface area contributed by atoms with Gasteiger partial charge >= 0.3 is 0 Å². The number of likely N-dealkylation sites (tertiary alicyclic amines) is 1. The van der Waals surface area contributed by atoms with Crippen LogP contribution in [-0.4, -0.2) is 57.2 Å². The summed E-state index contributed by atoms with van der Waals surface area (Å²) in [4.78, 5) is 7.36. The van der Waals surface area contributed by atoms with Crippen LogP contribution in [0.15, 0.2) is 23.2 Å². The number of hydrogen-bond donors (Lipinski definition) is 2. The second kappa shape index (κ2) is 13.2. The van der Waals surface area contributed by atoms with Gasteiger partial charge < -0.3 is 20.3 Å². The molecule has 27 heavy (non-hydrogen) atoms. The van der Waals surface area contributed by atoms with Gasteiger partial charge in [0.1, 0.15) is 5.75 Å². The number of benzene rings is 1. The molecule has 5 nitrogen and oxygen atoms in total. The van der Waals surface area contributed by atoms with Gasteiger partial charge in [-0.1, -0.05) is 19.1 Å². The molecule has 6 heteroatoms. The number of guanidine groups is 1. The van der Waals surface area contributed by atoms with Gasteiger partial charge in [0.05, 0.1) is 7.11 Å². The van der Waals surface area contributed by atoms with Crippen molar-refractivity contribution in [1.29, 1.82) is 0 Å². The smallest absolute Gasteiger partial charge is 0.191 e. The predicted octanol–water partition coefficient (Wildman–Crippen LogP) is 3.45. The minimum atomic E-state index is 0. The van der Waals surface area contributed by atoms with Gasteiger partial charge in [-0.3, -0.25) is 4.99 Å². The van der Waals surface area contributed by atoms with Gasteiger partial charge in [-0.15, -0.1) is 24.0 Å². The van der Waals surface area contributed by atoms with Crippen LogP contribution in [-0.2, 0) is 6.42 Å². The molecular weight excluding hydrogens is 451 g/mol. The van der Waals surface area contributed by atoms with Crippen LogP contribution in [0.25, 0.3) is 0 Å². The molecular formula is C21H37IN4O. The number of halogens is 1. The highest BCUT2D eigenvalue weighted by Gasteiger charge is 2.18. The van der Waals surface area contributed by atoms with Crippen LogP contribution in [0.5, 0.6) is 5.75 Å². The lowest BCUT2D eigenvalue weighted by molar-refractivity contribution is 0.186. The van der Waals surface area contributed by atoms with Gasteiger partial charge in [0.25, 0.3) is 0 Å². The maximum absolute atomic E-state index is 5.41. The minimum Gasteiger partial charge on any atom is -0.496 e. The van der Waals surface area contributed by atoms with Crippen molar-refractivity contribution in [3.8, 4) is 5.75 Å². The molecule has 0 aromatic heterocycles. The molecule has 154 valence electrons. The lowest BCUT2D eigenvalue weighted by Gasteiger charge is -2.31. The van der Waals surface area contributed by atoms with Crippen molar-refractivity contribution in [2.75, 3.05) is 46.4 Å². The summed E-state index contributed by atoms with van der Waals surface area (Å²) in [5, 5.41) is 6.84. The molecule has 0 radical (unpaired) electrons. The van der Waals surface area contributed by atoms with E-state index >= 15 is 0 Å². The molecule has 1 saturated heterocycles. The molecule has 0 saturated carbocycles. The summed E-state index contributed by atoms with van der Waals surface area (Å²) in [6, 6.07) is 6.42. The standard InChI is InChI=1S/C21H36N4O.HI/c1-5-22-21(24-15-19-8-7-13-25(6-2)16-19)23-12-11-18-10-9-17(3)20(14-18)26-4;/h9-10,14,19H,5-8,11-13,15-16H2,1-4H3,(H2,22,23,24);1H. The second-order valence-corrected chi connectivity index (χ2v) is 7.10. The Labute approximate surface area is 182 Å². The summed E-state index contributed by atoms with van der Waals surface area (Å²) < 4.78 is 5.41. The second-order valence-electron chi connectivity index (χ2n) is 7.10. The Morgan fingerprint density at radius 2 is 2.11 bits per heavy atom. The van der Waals surface area contributed by atoms with Crippen LogP contribution >= 0.6 is 24.0 Å². The number of hydrogen-bond acceptors (Lipinski definition) is 3. The van der Waals surface area contributed by atoms with E-state index in [-0.39, 0.29) is 24.0 Å². The Balaban J connectivity index is 0.00000364. The normalized spacial score (nSPS) is 17.9. The molecule has 2 N–H and O–H groups in total. The summed E-state index contributed by atoms with van der Waals surface area (Å²) >= 11 is 0. The number of rotatable bonds is 8. The summed E-state index contributed by atoms with van der Waals surface area (Å²) in [5.74, 6) is 2.57. The fourth-order valence-corrected chi connectivity index (χ4v) is 3.49. The summed E-state index contributed by atoms with van der Waals surface area (Å²) in [6.45, 7) is 12.7. The number of methoxy groups -OCH3 is 1. The minimum absolute atomic E-state index is 0. The number of ether oxygens (including phenoxy) is 1. The molecule has 0 aliphatic carbocycles. The fraction of sp³-hybridized carbons (Fsp3) is 0.667. The van der Waals surface area contributed by atoms with Crippen LogP contribution in [0.3, 0.4) is 0 Å². The topological polar surface area (TPSA) is 48.9 Å². The number of aliphatic imine (C=N–C) groups is 1. The van der Waals surface area contributed by atoms with E-state index in [1.165, 1.54) is 37.1 Å². The molecule has 1 unspecified atom stereocenters. The van der Waals surface area contributed by atoms with Gasteiger partial charge in [0.15, 0.2) is 5.96 Å². The molecule has 1 fully saturated rings. The maximum atomic E-state index is 5.41. The quantitative estimate of drug-likeness (QED) is 0.335. The average Bonchev–Trinajstić information content (AvgIpc) is 2.67. The van der Waals surface area contributed by atoms with E-state index in [1.807, 2.05) is 0 Å². The first-order chi connectivity index (χ1) is 12.7. The first-order valence-electron chi connectivity index (χ1n) is 10.0. The summed E-state index contributed by atoms with van der Waals surface area (Å²) in [6.07, 6.45) is 3.55. The van der Waals surface area contributed by atoms with Crippen molar-refractivity contribution in [3.05, 3.63) is 29.3 Å². The molecule has 2 rings (SSSR count). The highest BCUT2D eigenvalue weighted by molar-refractivity contribution is 14.0. The predicted molar refractivity (Wildman–Crippen MR) is 126 cm³/mol. The van der Waals surface area contributed by atoms with Crippen molar-refractivity contribution >= 4 is 29.9 Å². The van der Waals surface area contributed by atoms with Gasteiger partial charge in [-0.2, -0.15) is 0 Å². The van der Waals surface area contributed by atoms with E-state index in [4.69, 9.17) is 9.73 Å². The van der Waals surface area contributed by atoms with Crippen molar-refractivity contribution in [1.82, 2.24) is 15.5 Å². The third kappa shape index (κ3) is 8.25. The van der Waals surface area contributed by atoms with Gasteiger partial charge in [0.2, 0.25) is 0 Å². The van der Waals surface area contributed by atoms with E-state index in [2.05, 4.69) is 54.5 Å². The zero-order chi connectivity index (χ0) is 18.8. The van der Waals surface area contributed by atoms with E-state index in [1.54, 1.807) is 7.11 Å². The highest BCUT2D eigenvalue weighted by atomic mass is 127. The Morgan fingerprint density at radius 3 is 2.81 bits per heavy atom. The zero-order valence-electron chi connectivity index (χ0n) is 17.4. The van der Waals surface area contributed by atoms with E-state index in [9.17, 15) is 0 Å². The van der Waals surface area contributed by atoms with Crippen molar-refractivity contribution in [2.24, 2.45) is 10.9 Å². The van der Waals surface area contributed by atoms with E-state index in [0.29, 0.717) is 5.92 Å². The molecule has 0 bridgehead atoms. The Morgan fingerprint density at radius 1 is 1.30 bits per heavy atom. The van der Waals surface area contributed by atoms with Gasteiger partial charge in [-0.05, 0) is 69.3 Å².